The van der Waals surface area contributed by atoms with Crippen LogP contribution in [0.3, 0.4) is 0 Å². The largest absolute Gasteiger partial charge is 0.417 e. The highest BCUT2D eigenvalue weighted by atomic mass is 35.5. The maximum absolute atomic E-state index is 13.4. The number of anilines is 2. The standard InChI is InChI=1S/C20H18ClF3N2O2/c21-16-7-4-8-17(19(16)26-9-11-28-12-10-26)25-18(27)13-15(20(22,23)24)14-5-2-1-3-6-14/h1-8,13H,9-12H2,(H,25,27)/b15-13+. The first kappa shape index (κ1) is 20.2. The predicted octanol–water partition coefficient (Wildman–Crippen LogP) is 4.76. The second-order valence-electron chi connectivity index (χ2n) is 6.15. The number of carbonyl (C=O) groups excluding carboxylic acids is 1. The number of rotatable bonds is 4. The van der Waals surface area contributed by atoms with Crippen molar-refractivity contribution in [1.82, 2.24) is 0 Å². The number of benzene rings is 2. The molecule has 0 bridgehead atoms. The highest BCUT2D eigenvalue weighted by Gasteiger charge is 2.35. The molecule has 0 saturated carbocycles. The summed E-state index contributed by atoms with van der Waals surface area (Å²) < 4.78 is 45.7. The van der Waals surface area contributed by atoms with E-state index in [1.807, 2.05) is 4.90 Å². The molecule has 3 rings (SSSR count). The lowest BCUT2D eigenvalue weighted by Gasteiger charge is -2.31. The molecule has 1 amide bonds. The van der Waals surface area contributed by atoms with Crippen LogP contribution in [0.25, 0.3) is 5.57 Å². The Morgan fingerprint density at radius 3 is 2.39 bits per heavy atom. The molecule has 0 aliphatic carbocycles. The molecular weight excluding hydrogens is 393 g/mol. The molecule has 2 aromatic carbocycles. The number of nitrogens with zero attached hydrogens (tertiary/aromatic N) is 1. The van der Waals surface area contributed by atoms with Gasteiger partial charge in [0.1, 0.15) is 0 Å². The van der Waals surface area contributed by atoms with Gasteiger partial charge in [-0.3, -0.25) is 4.79 Å². The molecule has 4 nitrogen and oxygen atoms in total. The summed E-state index contributed by atoms with van der Waals surface area (Å²) >= 11 is 6.29. The fourth-order valence-electron chi connectivity index (χ4n) is 2.97. The normalized spacial score (nSPS) is 15.4. The molecule has 0 unspecified atom stereocenters. The lowest BCUT2D eigenvalue weighted by atomic mass is 10.1. The Morgan fingerprint density at radius 1 is 1.07 bits per heavy atom. The van der Waals surface area contributed by atoms with E-state index in [0.717, 1.165) is 0 Å². The first-order valence-electron chi connectivity index (χ1n) is 8.63. The third kappa shape index (κ3) is 4.85. The number of alkyl halides is 3. The van der Waals surface area contributed by atoms with E-state index in [0.29, 0.717) is 48.8 Å². The molecule has 1 aliphatic heterocycles. The highest BCUT2D eigenvalue weighted by molar-refractivity contribution is 6.34. The van der Waals surface area contributed by atoms with Gasteiger partial charge in [0.05, 0.1) is 35.2 Å². The van der Waals surface area contributed by atoms with Gasteiger partial charge >= 0.3 is 6.18 Å². The minimum atomic E-state index is -4.67. The minimum Gasteiger partial charge on any atom is -0.378 e. The number of hydrogen-bond acceptors (Lipinski definition) is 3. The molecule has 0 radical (unpaired) electrons. The van der Waals surface area contributed by atoms with Crippen molar-refractivity contribution in [2.45, 2.75) is 6.18 Å². The maximum Gasteiger partial charge on any atom is 0.417 e. The number of allylic oxidation sites excluding steroid dienone is 1. The maximum atomic E-state index is 13.4. The van der Waals surface area contributed by atoms with Gasteiger partial charge in [-0.2, -0.15) is 13.2 Å². The average Bonchev–Trinajstić information content (AvgIpc) is 2.67. The fourth-order valence-corrected chi connectivity index (χ4v) is 3.27. The van der Waals surface area contributed by atoms with E-state index in [-0.39, 0.29) is 5.56 Å². The number of hydrogen-bond donors (Lipinski definition) is 1. The summed E-state index contributed by atoms with van der Waals surface area (Å²) in [6.45, 7) is 2.15. The lowest BCUT2D eigenvalue weighted by molar-refractivity contribution is -0.112. The number of carbonyl (C=O) groups is 1. The molecule has 0 aromatic heterocycles. The summed E-state index contributed by atoms with van der Waals surface area (Å²) in [5.41, 5.74) is -0.169. The highest BCUT2D eigenvalue weighted by Crippen LogP contribution is 2.36. The Kier molecular flexibility index (Phi) is 6.26. The average molecular weight is 411 g/mol. The van der Waals surface area contributed by atoms with Crippen molar-refractivity contribution in [3.63, 3.8) is 0 Å². The van der Waals surface area contributed by atoms with Crippen LogP contribution in [0.1, 0.15) is 5.56 Å². The van der Waals surface area contributed by atoms with Gasteiger partial charge in [0.2, 0.25) is 5.91 Å². The number of para-hydroxylation sites is 1. The zero-order chi connectivity index (χ0) is 20.1. The molecule has 1 heterocycles. The van der Waals surface area contributed by atoms with Gasteiger partial charge in [0.15, 0.2) is 0 Å². The first-order valence-corrected chi connectivity index (χ1v) is 9.00. The Bertz CT molecular complexity index is 863. The monoisotopic (exact) mass is 410 g/mol. The minimum absolute atomic E-state index is 0.0790. The SMILES string of the molecule is O=C(/C=C(\c1ccccc1)C(F)(F)F)Nc1cccc(Cl)c1N1CCOCC1. The molecule has 28 heavy (non-hydrogen) atoms. The molecule has 1 saturated heterocycles. The number of amides is 1. The van der Waals surface area contributed by atoms with Gasteiger partial charge in [-0.1, -0.05) is 48.0 Å². The second-order valence-corrected chi connectivity index (χ2v) is 6.55. The third-order valence-electron chi connectivity index (χ3n) is 4.24. The molecule has 1 aliphatic rings. The number of morpholine rings is 1. The van der Waals surface area contributed by atoms with Crippen molar-refractivity contribution >= 4 is 34.5 Å². The fraction of sp³-hybridized carbons (Fsp3) is 0.250. The van der Waals surface area contributed by atoms with Crippen LogP contribution in [0.2, 0.25) is 5.02 Å². The van der Waals surface area contributed by atoms with Crippen LogP contribution >= 0.6 is 11.6 Å². The van der Waals surface area contributed by atoms with E-state index in [4.69, 9.17) is 16.3 Å². The zero-order valence-electron chi connectivity index (χ0n) is 14.8. The zero-order valence-corrected chi connectivity index (χ0v) is 15.6. The molecule has 1 N–H and O–H groups in total. The van der Waals surface area contributed by atoms with Gasteiger partial charge in [-0.05, 0) is 17.7 Å². The molecule has 148 valence electrons. The van der Waals surface area contributed by atoms with E-state index in [2.05, 4.69) is 5.32 Å². The number of halogens is 4. The van der Waals surface area contributed by atoms with Crippen molar-refractivity contribution in [2.75, 3.05) is 36.5 Å². The van der Waals surface area contributed by atoms with Gasteiger partial charge < -0.3 is 15.0 Å². The summed E-state index contributed by atoms with van der Waals surface area (Å²) in [6, 6.07) is 12.1. The molecule has 8 heteroatoms. The van der Waals surface area contributed by atoms with Crippen LogP contribution < -0.4 is 10.2 Å². The summed E-state index contributed by atoms with van der Waals surface area (Å²) in [5, 5.41) is 2.94. The Balaban J connectivity index is 1.90. The van der Waals surface area contributed by atoms with Crippen LogP contribution in [0.4, 0.5) is 24.5 Å². The first-order chi connectivity index (χ1) is 13.4. The van der Waals surface area contributed by atoms with Crippen molar-refractivity contribution in [3.05, 3.63) is 65.2 Å². The summed E-state index contributed by atoms with van der Waals surface area (Å²) in [6.07, 6.45) is -4.10. The quantitative estimate of drug-likeness (QED) is 0.739. The van der Waals surface area contributed by atoms with Crippen LogP contribution in [0.5, 0.6) is 0 Å². The lowest BCUT2D eigenvalue weighted by Crippen LogP contribution is -2.37. The smallest absolute Gasteiger partial charge is 0.378 e. The number of nitrogens with one attached hydrogen (secondary N) is 1. The van der Waals surface area contributed by atoms with E-state index < -0.39 is 17.7 Å². The Hall–Kier alpha value is -2.51. The van der Waals surface area contributed by atoms with Crippen LogP contribution in [-0.4, -0.2) is 38.4 Å². The van der Waals surface area contributed by atoms with Gasteiger partial charge in [0.25, 0.3) is 0 Å². The molecule has 1 fully saturated rings. The summed E-state index contributed by atoms with van der Waals surface area (Å²) in [7, 11) is 0. The van der Waals surface area contributed by atoms with E-state index in [1.54, 1.807) is 24.3 Å². The van der Waals surface area contributed by atoms with Crippen molar-refractivity contribution < 1.29 is 22.7 Å². The Morgan fingerprint density at radius 2 is 1.75 bits per heavy atom. The topological polar surface area (TPSA) is 41.6 Å². The third-order valence-corrected chi connectivity index (χ3v) is 4.54. The van der Waals surface area contributed by atoms with Crippen LogP contribution in [0, 0.1) is 0 Å². The van der Waals surface area contributed by atoms with E-state index >= 15 is 0 Å². The van der Waals surface area contributed by atoms with Gasteiger partial charge in [-0.25, -0.2) is 0 Å². The molecular formula is C20H18ClF3N2O2. The summed E-state index contributed by atoms with van der Waals surface area (Å²) in [4.78, 5) is 14.4. The number of ether oxygens (including phenoxy) is 1. The van der Waals surface area contributed by atoms with Crippen LogP contribution in [0.15, 0.2) is 54.6 Å². The van der Waals surface area contributed by atoms with Crippen LogP contribution in [-0.2, 0) is 9.53 Å². The Labute approximate surface area is 165 Å². The summed E-state index contributed by atoms with van der Waals surface area (Å²) in [5.74, 6) is -0.882. The van der Waals surface area contributed by atoms with Gasteiger partial charge in [-0.15, -0.1) is 0 Å². The van der Waals surface area contributed by atoms with Crippen molar-refractivity contribution in [1.29, 1.82) is 0 Å². The van der Waals surface area contributed by atoms with Gasteiger partial charge in [0, 0.05) is 19.2 Å². The van der Waals surface area contributed by atoms with Crippen molar-refractivity contribution in [2.24, 2.45) is 0 Å². The molecule has 0 atom stereocenters. The second kappa shape index (κ2) is 8.67. The van der Waals surface area contributed by atoms with E-state index in [1.165, 1.54) is 24.3 Å². The van der Waals surface area contributed by atoms with Crippen molar-refractivity contribution in [3.8, 4) is 0 Å². The molecule has 2 aromatic rings. The van der Waals surface area contributed by atoms with E-state index in [9.17, 15) is 18.0 Å². The molecule has 0 spiro atoms. The predicted molar refractivity (Wildman–Crippen MR) is 104 cm³/mol.